The van der Waals surface area contributed by atoms with Crippen molar-refractivity contribution in [1.29, 1.82) is 0 Å². The molecule has 0 bridgehead atoms. The highest BCUT2D eigenvalue weighted by Crippen LogP contribution is 2.29. The molecule has 0 saturated carbocycles. The number of rotatable bonds is 4. The fourth-order valence-electron chi connectivity index (χ4n) is 3.32. The second-order valence-corrected chi connectivity index (χ2v) is 7.45. The molecule has 176 valence electrons. The van der Waals surface area contributed by atoms with E-state index in [1.165, 1.54) is 23.2 Å². The summed E-state index contributed by atoms with van der Waals surface area (Å²) in [6.45, 7) is 1.41. The Balaban J connectivity index is 1.27. The van der Waals surface area contributed by atoms with E-state index >= 15 is 0 Å². The minimum absolute atomic E-state index is 0.0783. The third-order valence-corrected chi connectivity index (χ3v) is 5.16. The fraction of sp³-hybridized carbons (Fsp3) is 0.217. The molecule has 1 fully saturated rings. The van der Waals surface area contributed by atoms with Gasteiger partial charge in [0.05, 0.1) is 17.4 Å². The van der Waals surface area contributed by atoms with Gasteiger partial charge in [-0.25, -0.2) is 14.8 Å². The van der Waals surface area contributed by atoms with Gasteiger partial charge in [-0.05, 0) is 30.3 Å². The lowest BCUT2D eigenvalue weighted by atomic mass is 10.2. The molecule has 3 aromatic rings. The molecule has 34 heavy (non-hydrogen) atoms. The Bertz CT molecular complexity index is 1130. The van der Waals surface area contributed by atoms with Crippen molar-refractivity contribution in [2.75, 3.05) is 36.4 Å². The first-order chi connectivity index (χ1) is 16.3. The Labute approximate surface area is 193 Å². The van der Waals surface area contributed by atoms with Crippen molar-refractivity contribution in [2.24, 2.45) is 0 Å². The van der Waals surface area contributed by atoms with Gasteiger partial charge >= 0.3 is 12.3 Å². The van der Waals surface area contributed by atoms with Gasteiger partial charge in [0, 0.05) is 44.0 Å². The number of halogens is 3. The molecular formula is C23H20F3N5O3. The van der Waals surface area contributed by atoms with Gasteiger partial charge in [0.1, 0.15) is 5.82 Å². The van der Waals surface area contributed by atoms with Crippen molar-refractivity contribution in [1.82, 2.24) is 14.9 Å². The summed E-state index contributed by atoms with van der Waals surface area (Å²) in [4.78, 5) is 35.8. The summed E-state index contributed by atoms with van der Waals surface area (Å²) < 4.78 is 43.4. The van der Waals surface area contributed by atoms with Gasteiger partial charge in [0.15, 0.2) is 0 Å². The van der Waals surface area contributed by atoms with Gasteiger partial charge in [0.2, 0.25) is 5.88 Å². The second-order valence-electron chi connectivity index (χ2n) is 7.45. The lowest BCUT2D eigenvalue weighted by molar-refractivity contribution is -0.137. The minimum Gasteiger partial charge on any atom is -0.391 e. The minimum atomic E-state index is -4.44. The molecule has 4 rings (SSSR count). The highest BCUT2D eigenvalue weighted by atomic mass is 19.4. The van der Waals surface area contributed by atoms with Crippen molar-refractivity contribution in [2.45, 2.75) is 6.18 Å². The summed E-state index contributed by atoms with van der Waals surface area (Å²) in [5.41, 5.74) is 0.145. The van der Waals surface area contributed by atoms with E-state index in [-0.39, 0.29) is 11.8 Å². The first-order valence-electron chi connectivity index (χ1n) is 10.4. The van der Waals surface area contributed by atoms with E-state index < -0.39 is 17.8 Å². The van der Waals surface area contributed by atoms with Crippen LogP contribution in [0.2, 0.25) is 0 Å². The lowest BCUT2D eigenvalue weighted by Gasteiger charge is -2.34. The molecule has 0 unspecified atom stereocenters. The number of pyridine rings is 2. The summed E-state index contributed by atoms with van der Waals surface area (Å²) in [7, 11) is 0. The van der Waals surface area contributed by atoms with Gasteiger partial charge in [-0.1, -0.05) is 18.2 Å². The first-order valence-corrected chi connectivity index (χ1v) is 10.4. The molecule has 1 aliphatic rings. The number of anilines is 2. The average Bonchev–Trinajstić information content (AvgIpc) is 2.85. The average molecular weight is 471 g/mol. The zero-order valence-electron chi connectivity index (χ0n) is 17.8. The van der Waals surface area contributed by atoms with Crippen LogP contribution < -0.4 is 15.0 Å². The van der Waals surface area contributed by atoms with Gasteiger partial charge in [-0.3, -0.25) is 4.79 Å². The third-order valence-electron chi connectivity index (χ3n) is 5.16. The molecule has 8 nitrogen and oxygen atoms in total. The van der Waals surface area contributed by atoms with E-state index in [4.69, 9.17) is 4.74 Å². The largest absolute Gasteiger partial charge is 0.417 e. The molecule has 0 spiro atoms. The van der Waals surface area contributed by atoms with Crippen molar-refractivity contribution in [3.8, 4) is 5.88 Å². The fourth-order valence-corrected chi connectivity index (χ4v) is 3.32. The molecule has 1 N–H and O–H groups in total. The molecular weight excluding hydrogens is 451 g/mol. The number of nitrogens with one attached hydrogen (secondary N) is 1. The number of hydrogen-bond donors (Lipinski definition) is 1. The Morgan fingerprint density at radius 3 is 2.21 bits per heavy atom. The molecule has 0 atom stereocenters. The molecule has 1 aromatic carbocycles. The predicted octanol–water partition coefficient (Wildman–Crippen LogP) is 4.07. The molecule has 0 radical (unpaired) electrons. The van der Waals surface area contributed by atoms with E-state index in [0.717, 1.165) is 12.3 Å². The zero-order valence-corrected chi connectivity index (χ0v) is 17.8. The summed E-state index contributed by atoms with van der Waals surface area (Å²) in [6, 6.07) is 14.1. The van der Waals surface area contributed by atoms with Crippen LogP contribution >= 0.6 is 0 Å². The molecule has 0 aliphatic carbocycles. The predicted molar refractivity (Wildman–Crippen MR) is 118 cm³/mol. The maximum absolute atomic E-state index is 12.7. The first kappa shape index (κ1) is 23.0. The SMILES string of the molecule is O=C(Nc1ccc(OC(=O)N2CCN(c3ccc(C(F)(F)F)cn3)CC2)nc1)c1ccccc1. The van der Waals surface area contributed by atoms with Crippen molar-refractivity contribution < 1.29 is 27.5 Å². The van der Waals surface area contributed by atoms with E-state index in [9.17, 15) is 22.8 Å². The molecule has 1 saturated heterocycles. The molecule has 11 heteroatoms. The lowest BCUT2D eigenvalue weighted by Crippen LogP contribution is -2.49. The Morgan fingerprint density at radius 1 is 0.882 bits per heavy atom. The second kappa shape index (κ2) is 9.77. The standard InChI is InChI=1S/C23H20F3N5O3/c24-23(25,26)17-6-8-19(27-14-17)30-10-12-31(13-11-30)22(33)34-20-9-7-18(15-28-20)29-21(32)16-4-2-1-3-5-16/h1-9,14-15H,10-13H2,(H,29,32). The number of alkyl halides is 3. The monoisotopic (exact) mass is 471 g/mol. The number of piperazine rings is 1. The van der Waals surface area contributed by atoms with Gasteiger partial charge in [0.25, 0.3) is 5.91 Å². The Kier molecular flexibility index (Phi) is 6.62. The number of carbonyl (C=O) groups excluding carboxylic acids is 2. The van der Waals surface area contributed by atoms with E-state index in [1.807, 2.05) is 6.07 Å². The molecule has 1 aliphatic heterocycles. The molecule has 2 amide bonds. The number of aromatic nitrogens is 2. The Hall–Kier alpha value is -4.15. The van der Waals surface area contributed by atoms with Crippen LogP contribution in [0.1, 0.15) is 15.9 Å². The Morgan fingerprint density at radius 2 is 1.62 bits per heavy atom. The highest BCUT2D eigenvalue weighted by Gasteiger charge is 2.31. The number of nitrogens with zero attached hydrogens (tertiary/aromatic N) is 4. The van der Waals surface area contributed by atoms with E-state index in [0.29, 0.717) is 43.2 Å². The van der Waals surface area contributed by atoms with Crippen LogP contribution in [-0.2, 0) is 6.18 Å². The zero-order chi connectivity index (χ0) is 24.1. The number of hydrogen-bond acceptors (Lipinski definition) is 6. The van der Waals surface area contributed by atoms with Gasteiger partial charge < -0.3 is 19.9 Å². The van der Waals surface area contributed by atoms with Crippen LogP contribution in [0.3, 0.4) is 0 Å². The summed E-state index contributed by atoms with van der Waals surface area (Å²) in [5, 5.41) is 2.71. The topological polar surface area (TPSA) is 87.7 Å². The highest BCUT2D eigenvalue weighted by molar-refractivity contribution is 6.04. The maximum Gasteiger partial charge on any atom is 0.417 e. The van der Waals surface area contributed by atoms with Gasteiger partial charge in [-0.2, -0.15) is 13.2 Å². The van der Waals surface area contributed by atoms with Crippen LogP contribution in [0.15, 0.2) is 67.0 Å². The third kappa shape index (κ3) is 5.61. The van der Waals surface area contributed by atoms with Crippen molar-refractivity contribution >= 4 is 23.5 Å². The van der Waals surface area contributed by atoms with E-state index in [1.54, 1.807) is 35.2 Å². The van der Waals surface area contributed by atoms with Gasteiger partial charge in [-0.15, -0.1) is 0 Å². The quantitative estimate of drug-likeness (QED) is 0.617. The summed E-state index contributed by atoms with van der Waals surface area (Å²) >= 11 is 0. The number of benzene rings is 1. The van der Waals surface area contributed by atoms with Crippen LogP contribution in [0.25, 0.3) is 0 Å². The van der Waals surface area contributed by atoms with Crippen LogP contribution in [0, 0.1) is 0 Å². The van der Waals surface area contributed by atoms with Crippen LogP contribution in [0.5, 0.6) is 5.88 Å². The summed E-state index contributed by atoms with van der Waals surface area (Å²) in [6.07, 6.45) is -2.84. The van der Waals surface area contributed by atoms with Crippen LogP contribution in [0.4, 0.5) is 29.5 Å². The van der Waals surface area contributed by atoms with Crippen LogP contribution in [-0.4, -0.2) is 53.0 Å². The van der Waals surface area contributed by atoms with E-state index in [2.05, 4.69) is 15.3 Å². The van der Waals surface area contributed by atoms with Crippen molar-refractivity contribution in [3.05, 3.63) is 78.1 Å². The summed E-state index contributed by atoms with van der Waals surface area (Å²) in [5.74, 6) is 0.206. The van der Waals surface area contributed by atoms with Crippen molar-refractivity contribution in [3.63, 3.8) is 0 Å². The normalized spacial score (nSPS) is 14.0. The number of ether oxygens (including phenoxy) is 1. The maximum atomic E-state index is 12.7. The molecule has 3 heterocycles. The number of amides is 2. The number of carbonyl (C=O) groups is 2. The molecule has 2 aromatic heterocycles. The smallest absolute Gasteiger partial charge is 0.391 e.